The fourth-order valence-corrected chi connectivity index (χ4v) is 2.90. The zero-order chi connectivity index (χ0) is 18.8. The Hall–Kier alpha value is -3.55. The quantitative estimate of drug-likeness (QED) is 0.683. The van der Waals surface area contributed by atoms with Crippen LogP contribution in [0.3, 0.4) is 0 Å². The Morgan fingerprint density at radius 1 is 1.19 bits per heavy atom. The fraction of sp³-hybridized carbons (Fsp3) is 0.211. The van der Waals surface area contributed by atoms with E-state index in [1.165, 1.54) is 4.57 Å². The molecule has 1 aliphatic rings. The van der Waals surface area contributed by atoms with Crippen LogP contribution < -0.4 is 25.9 Å². The third-order valence-electron chi connectivity index (χ3n) is 4.28. The number of carbonyl (C=O) groups is 1. The molecule has 0 aliphatic carbocycles. The molecule has 0 saturated heterocycles. The SMILES string of the molecule is CCn1c(NNC(=O)C2COc3ccccc3O2)nc2ccccc2c1=O. The number of hydrogen-bond acceptors (Lipinski definition) is 6. The summed E-state index contributed by atoms with van der Waals surface area (Å²) >= 11 is 0. The Balaban J connectivity index is 1.52. The Kier molecular flexibility index (Phi) is 4.37. The molecule has 4 rings (SSSR count). The molecule has 0 bridgehead atoms. The van der Waals surface area contributed by atoms with Crippen LogP contribution in [0.25, 0.3) is 10.9 Å². The third kappa shape index (κ3) is 3.17. The zero-order valence-corrected chi connectivity index (χ0v) is 14.6. The molecule has 0 radical (unpaired) electrons. The van der Waals surface area contributed by atoms with Gasteiger partial charge in [-0.1, -0.05) is 24.3 Å². The molecule has 1 aliphatic heterocycles. The van der Waals surface area contributed by atoms with Crippen molar-refractivity contribution in [3.05, 3.63) is 58.9 Å². The van der Waals surface area contributed by atoms with Crippen LogP contribution in [0.2, 0.25) is 0 Å². The first-order valence-corrected chi connectivity index (χ1v) is 8.61. The molecule has 1 amide bonds. The molecule has 2 N–H and O–H groups in total. The number of hydrogen-bond donors (Lipinski definition) is 2. The maximum absolute atomic E-state index is 12.6. The van der Waals surface area contributed by atoms with Crippen LogP contribution in [0.1, 0.15) is 6.92 Å². The van der Waals surface area contributed by atoms with Gasteiger partial charge >= 0.3 is 0 Å². The summed E-state index contributed by atoms with van der Waals surface area (Å²) in [5.74, 6) is 0.949. The van der Waals surface area contributed by atoms with Gasteiger partial charge in [0.1, 0.15) is 6.61 Å². The summed E-state index contributed by atoms with van der Waals surface area (Å²) in [7, 11) is 0. The van der Waals surface area contributed by atoms with E-state index in [1.54, 1.807) is 42.5 Å². The van der Waals surface area contributed by atoms with Crippen LogP contribution in [0.5, 0.6) is 11.5 Å². The van der Waals surface area contributed by atoms with Crippen molar-refractivity contribution in [2.75, 3.05) is 12.0 Å². The molecule has 8 nitrogen and oxygen atoms in total. The van der Waals surface area contributed by atoms with Crippen LogP contribution in [-0.4, -0.2) is 28.2 Å². The highest BCUT2D eigenvalue weighted by Crippen LogP contribution is 2.30. The maximum atomic E-state index is 12.6. The predicted octanol–water partition coefficient (Wildman–Crippen LogP) is 1.70. The van der Waals surface area contributed by atoms with Crippen molar-refractivity contribution in [1.82, 2.24) is 15.0 Å². The number of para-hydroxylation sites is 3. The number of amides is 1. The van der Waals surface area contributed by atoms with Gasteiger partial charge in [0.25, 0.3) is 11.5 Å². The topological polar surface area (TPSA) is 94.5 Å². The van der Waals surface area contributed by atoms with Gasteiger partial charge in [0.2, 0.25) is 12.1 Å². The minimum absolute atomic E-state index is 0.0935. The Morgan fingerprint density at radius 3 is 2.74 bits per heavy atom. The summed E-state index contributed by atoms with van der Waals surface area (Å²) in [6.45, 7) is 2.33. The van der Waals surface area contributed by atoms with E-state index in [0.717, 1.165) is 0 Å². The molecule has 138 valence electrons. The molecule has 3 aromatic rings. The summed E-state index contributed by atoms with van der Waals surface area (Å²) in [5, 5.41) is 0.525. The standard InChI is InChI=1S/C19H18N4O4/c1-2-23-18(25)12-7-3-4-8-13(12)20-19(23)22-21-17(24)16-11-26-14-9-5-6-10-15(14)27-16/h3-10,16H,2,11H2,1H3,(H,20,22)(H,21,24). The molecule has 2 aromatic carbocycles. The molecule has 8 heteroatoms. The summed E-state index contributed by atoms with van der Waals surface area (Å²) in [5.41, 5.74) is 5.66. The van der Waals surface area contributed by atoms with Gasteiger partial charge < -0.3 is 9.47 Å². The molecule has 2 heterocycles. The molecule has 0 fully saturated rings. The second-order valence-corrected chi connectivity index (χ2v) is 5.98. The first-order chi connectivity index (χ1) is 13.2. The number of hydrazine groups is 1. The normalized spacial score (nSPS) is 15.4. The lowest BCUT2D eigenvalue weighted by Crippen LogP contribution is -2.46. The van der Waals surface area contributed by atoms with Crippen LogP contribution in [-0.2, 0) is 11.3 Å². The lowest BCUT2D eigenvalue weighted by atomic mass is 10.2. The molecule has 1 atom stereocenters. The summed E-state index contributed by atoms with van der Waals surface area (Å²) < 4.78 is 12.7. The van der Waals surface area contributed by atoms with E-state index in [2.05, 4.69) is 15.8 Å². The van der Waals surface area contributed by atoms with E-state index in [0.29, 0.717) is 28.9 Å². The van der Waals surface area contributed by atoms with Crippen LogP contribution in [0.15, 0.2) is 53.3 Å². The summed E-state index contributed by atoms with van der Waals surface area (Å²) in [6.07, 6.45) is -0.811. The third-order valence-corrected chi connectivity index (χ3v) is 4.28. The van der Waals surface area contributed by atoms with E-state index in [-0.39, 0.29) is 18.1 Å². The average Bonchev–Trinajstić information content (AvgIpc) is 2.71. The maximum Gasteiger partial charge on any atom is 0.283 e. The van der Waals surface area contributed by atoms with Gasteiger partial charge in [-0.25, -0.2) is 4.98 Å². The van der Waals surface area contributed by atoms with E-state index in [4.69, 9.17) is 9.47 Å². The molecule has 1 aromatic heterocycles. The van der Waals surface area contributed by atoms with Crippen LogP contribution >= 0.6 is 0 Å². The second-order valence-electron chi connectivity index (χ2n) is 5.98. The molecular weight excluding hydrogens is 348 g/mol. The summed E-state index contributed by atoms with van der Waals surface area (Å²) in [4.78, 5) is 29.5. The number of anilines is 1. The highest BCUT2D eigenvalue weighted by molar-refractivity contribution is 5.83. The highest BCUT2D eigenvalue weighted by Gasteiger charge is 2.27. The highest BCUT2D eigenvalue weighted by atomic mass is 16.6. The van der Waals surface area contributed by atoms with Crippen molar-refractivity contribution in [3.8, 4) is 11.5 Å². The van der Waals surface area contributed by atoms with Crippen molar-refractivity contribution in [2.24, 2.45) is 0 Å². The van der Waals surface area contributed by atoms with E-state index >= 15 is 0 Å². The van der Waals surface area contributed by atoms with E-state index < -0.39 is 12.0 Å². The van der Waals surface area contributed by atoms with Crippen molar-refractivity contribution in [1.29, 1.82) is 0 Å². The van der Waals surface area contributed by atoms with Gasteiger partial charge in [-0.05, 0) is 31.2 Å². The lowest BCUT2D eigenvalue weighted by Gasteiger charge is -2.25. The second kappa shape index (κ2) is 6.99. The number of aromatic nitrogens is 2. The van der Waals surface area contributed by atoms with Crippen LogP contribution in [0.4, 0.5) is 5.95 Å². The average molecular weight is 366 g/mol. The minimum atomic E-state index is -0.811. The Labute approximate surface area is 154 Å². The molecule has 0 saturated carbocycles. The number of nitrogens with zero attached hydrogens (tertiary/aromatic N) is 2. The predicted molar refractivity (Wildman–Crippen MR) is 99.8 cm³/mol. The molecular formula is C19H18N4O4. The first kappa shape index (κ1) is 16.9. The monoisotopic (exact) mass is 366 g/mol. The van der Waals surface area contributed by atoms with Gasteiger partial charge in [-0.3, -0.25) is 25.0 Å². The van der Waals surface area contributed by atoms with E-state index in [9.17, 15) is 9.59 Å². The lowest BCUT2D eigenvalue weighted by molar-refractivity contribution is -0.129. The van der Waals surface area contributed by atoms with Crippen molar-refractivity contribution in [3.63, 3.8) is 0 Å². The number of fused-ring (bicyclic) bond motifs is 2. The minimum Gasteiger partial charge on any atom is -0.485 e. The van der Waals surface area contributed by atoms with E-state index in [1.807, 2.05) is 13.0 Å². The molecule has 0 spiro atoms. The van der Waals surface area contributed by atoms with Crippen molar-refractivity contribution < 1.29 is 14.3 Å². The number of benzene rings is 2. The molecule has 27 heavy (non-hydrogen) atoms. The zero-order valence-electron chi connectivity index (χ0n) is 14.6. The number of rotatable bonds is 4. The first-order valence-electron chi connectivity index (χ1n) is 8.61. The number of carbonyl (C=O) groups excluding carboxylic acids is 1. The Morgan fingerprint density at radius 2 is 1.93 bits per heavy atom. The number of nitrogens with one attached hydrogen (secondary N) is 2. The summed E-state index contributed by atoms with van der Waals surface area (Å²) in [6, 6.07) is 14.2. The van der Waals surface area contributed by atoms with Gasteiger partial charge in [-0.2, -0.15) is 0 Å². The van der Waals surface area contributed by atoms with Crippen LogP contribution in [0, 0.1) is 0 Å². The Bertz CT molecular complexity index is 1060. The number of ether oxygens (including phenoxy) is 2. The van der Waals surface area contributed by atoms with Gasteiger partial charge in [0.05, 0.1) is 10.9 Å². The molecule has 1 unspecified atom stereocenters. The largest absolute Gasteiger partial charge is 0.485 e. The van der Waals surface area contributed by atoms with Gasteiger partial charge in [0, 0.05) is 6.54 Å². The van der Waals surface area contributed by atoms with Gasteiger partial charge in [0.15, 0.2) is 11.5 Å². The van der Waals surface area contributed by atoms with Crippen molar-refractivity contribution in [2.45, 2.75) is 19.6 Å². The van der Waals surface area contributed by atoms with Gasteiger partial charge in [-0.15, -0.1) is 0 Å². The smallest absolute Gasteiger partial charge is 0.283 e. The fourth-order valence-electron chi connectivity index (χ4n) is 2.90. The van der Waals surface area contributed by atoms with Crippen molar-refractivity contribution >= 4 is 22.8 Å².